The van der Waals surface area contributed by atoms with Gasteiger partial charge >= 0.3 is 5.97 Å². The van der Waals surface area contributed by atoms with Crippen molar-refractivity contribution in [3.63, 3.8) is 0 Å². The molecule has 1 atom stereocenters. The lowest BCUT2D eigenvalue weighted by atomic mass is 10.1. The van der Waals surface area contributed by atoms with Gasteiger partial charge in [0.25, 0.3) is 0 Å². The molecule has 6 nitrogen and oxygen atoms in total. The van der Waals surface area contributed by atoms with Crippen LogP contribution < -0.4 is 11.1 Å². The Labute approximate surface area is 117 Å². The number of rotatable bonds is 8. The summed E-state index contributed by atoms with van der Waals surface area (Å²) in [6, 6.07) is 2.82. The maximum atomic E-state index is 11.5. The number of hydrogen-bond acceptors (Lipinski definition) is 4. The lowest BCUT2D eigenvalue weighted by Crippen LogP contribution is -2.30. The third-order valence-corrected chi connectivity index (χ3v) is 2.67. The largest absolute Gasteiger partial charge is 0.480 e. The first-order valence-electron chi connectivity index (χ1n) is 6.44. The van der Waals surface area contributed by atoms with E-state index < -0.39 is 12.0 Å². The standard InChI is InChI=1S/C14H19N3O3/c15-12(14(19)20)5-1-2-9-17-13(18)7-6-11-4-3-8-16-10-11/h3-4,6-8,10,12H,1-2,5,9,15H2,(H,17,18)(H,19,20)/b7-6+/t12-/m0/s1. The Bertz CT molecular complexity index is 460. The number of pyridine rings is 1. The number of unbranched alkanes of at least 4 members (excludes halogenated alkanes) is 1. The van der Waals surface area contributed by atoms with Crippen molar-refractivity contribution < 1.29 is 14.7 Å². The number of hydrogen-bond donors (Lipinski definition) is 3. The molecule has 1 heterocycles. The zero-order chi connectivity index (χ0) is 14.8. The molecule has 1 aromatic rings. The molecular weight excluding hydrogens is 258 g/mol. The fourth-order valence-corrected chi connectivity index (χ4v) is 1.53. The van der Waals surface area contributed by atoms with Gasteiger partial charge in [-0.05, 0) is 37.0 Å². The number of nitrogens with one attached hydrogen (secondary N) is 1. The SMILES string of the molecule is N[C@@H](CCCCNC(=O)/C=C/c1cccnc1)C(=O)O. The van der Waals surface area contributed by atoms with Crippen molar-refractivity contribution in [3.8, 4) is 0 Å². The summed E-state index contributed by atoms with van der Waals surface area (Å²) >= 11 is 0. The molecule has 0 aliphatic carbocycles. The van der Waals surface area contributed by atoms with Crippen molar-refractivity contribution in [1.29, 1.82) is 0 Å². The van der Waals surface area contributed by atoms with Crippen LogP contribution in [0.5, 0.6) is 0 Å². The van der Waals surface area contributed by atoms with Crippen LogP contribution >= 0.6 is 0 Å². The van der Waals surface area contributed by atoms with E-state index in [9.17, 15) is 9.59 Å². The van der Waals surface area contributed by atoms with Gasteiger partial charge in [-0.1, -0.05) is 6.07 Å². The van der Waals surface area contributed by atoms with Crippen LogP contribution in [-0.4, -0.2) is 34.6 Å². The predicted octanol–water partition coefficient (Wildman–Crippen LogP) is 0.793. The highest BCUT2D eigenvalue weighted by Gasteiger charge is 2.09. The number of carbonyl (C=O) groups excluding carboxylic acids is 1. The molecule has 0 radical (unpaired) electrons. The Morgan fingerprint density at radius 1 is 1.45 bits per heavy atom. The fourth-order valence-electron chi connectivity index (χ4n) is 1.53. The highest BCUT2D eigenvalue weighted by molar-refractivity contribution is 5.91. The number of aromatic nitrogens is 1. The number of nitrogens with two attached hydrogens (primary N) is 1. The van der Waals surface area contributed by atoms with Crippen molar-refractivity contribution in [1.82, 2.24) is 10.3 Å². The van der Waals surface area contributed by atoms with Gasteiger partial charge in [-0.3, -0.25) is 14.6 Å². The number of carboxylic acids is 1. The molecule has 0 fully saturated rings. The molecule has 20 heavy (non-hydrogen) atoms. The third-order valence-electron chi connectivity index (χ3n) is 2.67. The van der Waals surface area contributed by atoms with Gasteiger partial charge in [0, 0.05) is 25.0 Å². The molecule has 0 saturated carbocycles. The first-order valence-corrected chi connectivity index (χ1v) is 6.44. The van der Waals surface area contributed by atoms with Gasteiger partial charge < -0.3 is 16.2 Å². The zero-order valence-corrected chi connectivity index (χ0v) is 11.2. The summed E-state index contributed by atoms with van der Waals surface area (Å²) in [5.41, 5.74) is 6.22. The highest BCUT2D eigenvalue weighted by Crippen LogP contribution is 1.99. The number of aliphatic carboxylic acids is 1. The third kappa shape index (κ3) is 6.65. The van der Waals surface area contributed by atoms with E-state index >= 15 is 0 Å². The van der Waals surface area contributed by atoms with Crippen molar-refractivity contribution in [2.75, 3.05) is 6.54 Å². The Morgan fingerprint density at radius 3 is 2.90 bits per heavy atom. The van der Waals surface area contributed by atoms with Gasteiger partial charge in [-0.15, -0.1) is 0 Å². The molecule has 6 heteroatoms. The topological polar surface area (TPSA) is 105 Å². The first kappa shape index (κ1) is 15.8. The van der Waals surface area contributed by atoms with E-state index in [4.69, 9.17) is 10.8 Å². The van der Waals surface area contributed by atoms with Crippen LogP contribution in [0.1, 0.15) is 24.8 Å². The first-order chi connectivity index (χ1) is 9.59. The van der Waals surface area contributed by atoms with Crippen LogP contribution in [0, 0.1) is 0 Å². The molecule has 0 aromatic carbocycles. The summed E-state index contributed by atoms with van der Waals surface area (Å²) in [7, 11) is 0. The van der Waals surface area contributed by atoms with Crippen LogP contribution in [0.4, 0.5) is 0 Å². The van der Waals surface area contributed by atoms with Crippen LogP contribution in [0.15, 0.2) is 30.6 Å². The minimum atomic E-state index is -0.992. The summed E-state index contributed by atoms with van der Waals surface area (Å²) in [4.78, 5) is 25.9. The second kappa shape index (κ2) is 8.82. The highest BCUT2D eigenvalue weighted by atomic mass is 16.4. The lowest BCUT2D eigenvalue weighted by Gasteiger charge is -2.06. The maximum Gasteiger partial charge on any atom is 0.320 e. The number of nitrogens with zero attached hydrogens (tertiary/aromatic N) is 1. The van der Waals surface area contributed by atoms with Crippen molar-refractivity contribution in [3.05, 3.63) is 36.2 Å². The molecule has 0 saturated heterocycles. The predicted molar refractivity (Wildman–Crippen MR) is 75.7 cm³/mol. The Morgan fingerprint density at radius 2 is 2.25 bits per heavy atom. The van der Waals surface area contributed by atoms with Crippen LogP contribution in [-0.2, 0) is 9.59 Å². The molecule has 0 spiro atoms. The summed E-state index contributed by atoms with van der Waals surface area (Å²) < 4.78 is 0. The molecule has 1 rings (SSSR count). The lowest BCUT2D eigenvalue weighted by molar-refractivity contribution is -0.138. The second-order valence-electron chi connectivity index (χ2n) is 4.35. The van der Waals surface area contributed by atoms with Gasteiger partial charge in [0.15, 0.2) is 0 Å². The Kier molecular flexibility index (Phi) is 6.99. The molecule has 108 valence electrons. The molecule has 0 bridgehead atoms. The van der Waals surface area contributed by atoms with E-state index in [1.807, 2.05) is 6.07 Å². The number of carboxylic acid groups (broad SMARTS) is 1. The summed E-state index contributed by atoms with van der Waals surface area (Å²) in [6.07, 6.45) is 8.24. The van der Waals surface area contributed by atoms with Gasteiger partial charge in [0.05, 0.1) is 0 Å². The molecule has 1 aromatic heterocycles. The van der Waals surface area contributed by atoms with Crippen molar-refractivity contribution in [2.45, 2.75) is 25.3 Å². The minimum Gasteiger partial charge on any atom is -0.480 e. The molecule has 0 aliphatic rings. The molecule has 0 aliphatic heterocycles. The van der Waals surface area contributed by atoms with Gasteiger partial charge in [-0.2, -0.15) is 0 Å². The van der Waals surface area contributed by atoms with E-state index in [0.717, 1.165) is 5.56 Å². The van der Waals surface area contributed by atoms with Crippen LogP contribution in [0.2, 0.25) is 0 Å². The van der Waals surface area contributed by atoms with Gasteiger partial charge in [-0.25, -0.2) is 0 Å². The fraction of sp³-hybridized carbons (Fsp3) is 0.357. The zero-order valence-electron chi connectivity index (χ0n) is 11.2. The van der Waals surface area contributed by atoms with Crippen molar-refractivity contribution >= 4 is 18.0 Å². The minimum absolute atomic E-state index is 0.184. The quantitative estimate of drug-likeness (QED) is 0.481. The summed E-state index contributed by atoms with van der Waals surface area (Å²) in [6.45, 7) is 0.503. The maximum absolute atomic E-state index is 11.5. The van der Waals surface area contributed by atoms with E-state index in [1.54, 1.807) is 24.5 Å². The average Bonchev–Trinajstić information content (AvgIpc) is 2.45. The molecule has 1 amide bonds. The van der Waals surface area contributed by atoms with Gasteiger partial charge in [0.1, 0.15) is 6.04 Å². The summed E-state index contributed by atoms with van der Waals surface area (Å²) in [5.74, 6) is -1.18. The summed E-state index contributed by atoms with van der Waals surface area (Å²) in [5, 5.41) is 11.3. The van der Waals surface area contributed by atoms with E-state index in [1.165, 1.54) is 6.08 Å². The monoisotopic (exact) mass is 277 g/mol. The molecule has 0 unspecified atom stereocenters. The Balaban J connectivity index is 2.15. The van der Waals surface area contributed by atoms with Crippen LogP contribution in [0.25, 0.3) is 6.08 Å². The molecular formula is C14H19N3O3. The second-order valence-corrected chi connectivity index (χ2v) is 4.35. The number of carbonyl (C=O) groups is 2. The Hall–Kier alpha value is -2.21. The molecule has 4 N–H and O–H groups in total. The average molecular weight is 277 g/mol. The van der Waals surface area contributed by atoms with E-state index in [0.29, 0.717) is 25.8 Å². The van der Waals surface area contributed by atoms with E-state index in [-0.39, 0.29) is 5.91 Å². The normalized spacial score (nSPS) is 12.2. The van der Waals surface area contributed by atoms with Crippen molar-refractivity contribution in [2.24, 2.45) is 5.73 Å². The van der Waals surface area contributed by atoms with Crippen LogP contribution in [0.3, 0.4) is 0 Å². The smallest absolute Gasteiger partial charge is 0.320 e. The van der Waals surface area contributed by atoms with Gasteiger partial charge in [0.2, 0.25) is 5.91 Å². The van der Waals surface area contributed by atoms with E-state index in [2.05, 4.69) is 10.3 Å². The number of amides is 1.